The van der Waals surface area contributed by atoms with Crippen LogP contribution in [0.15, 0.2) is 18.5 Å². The van der Waals surface area contributed by atoms with Crippen molar-refractivity contribution in [2.24, 2.45) is 24.8 Å². The summed E-state index contributed by atoms with van der Waals surface area (Å²) >= 11 is 0. The summed E-state index contributed by atoms with van der Waals surface area (Å²) in [7, 11) is 1.89. The fourth-order valence-electron chi connectivity index (χ4n) is 2.07. The molecule has 0 radical (unpaired) electrons. The SMILES string of the molecule is CC1C2CNCC12.Cn1cccn1. The predicted molar refractivity (Wildman–Crippen MR) is 52.2 cm³/mol. The van der Waals surface area contributed by atoms with E-state index in [2.05, 4.69) is 17.3 Å². The molecule has 2 atom stereocenters. The third kappa shape index (κ3) is 1.91. The van der Waals surface area contributed by atoms with E-state index in [9.17, 15) is 0 Å². The molecule has 1 aliphatic heterocycles. The lowest BCUT2D eigenvalue weighted by Gasteiger charge is -1.93. The summed E-state index contributed by atoms with van der Waals surface area (Å²) in [5, 5.41) is 7.19. The maximum absolute atomic E-state index is 3.83. The minimum Gasteiger partial charge on any atom is -0.316 e. The Bertz CT molecular complexity index is 245. The van der Waals surface area contributed by atoms with E-state index in [1.807, 2.05) is 19.3 Å². The van der Waals surface area contributed by atoms with Crippen LogP contribution in [-0.2, 0) is 7.05 Å². The summed E-state index contributed by atoms with van der Waals surface area (Å²) in [5.74, 6) is 3.20. The lowest BCUT2D eigenvalue weighted by atomic mass is 10.3. The summed E-state index contributed by atoms with van der Waals surface area (Å²) in [6.45, 7) is 4.95. The molecule has 1 saturated heterocycles. The molecule has 2 heterocycles. The van der Waals surface area contributed by atoms with Crippen LogP contribution in [0.1, 0.15) is 6.92 Å². The number of piperidine rings is 1. The Balaban J connectivity index is 0.000000102. The van der Waals surface area contributed by atoms with Crippen LogP contribution in [0.3, 0.4) is 0 Å². The third-order valence-corrected chi connectivity index (χ3v) is 3.16. The molecule has 1 aromatic heterocycles. The third-order valence-electron chi connectivity index (χ3n) is 3.16. The van der Waals surface area contributed by atoms with Gasteiger partial charge in [-0.15, -0.1) is 0 Å². The first-order valence-electron chi connectivity index (χ1n) is 4.93. The molecule has 1 N–H and O–H groups in total. The van der Waals surface area contributed by atoms with Crippen molar-refractivity contribution < 1.29 is 0 Å². The van der Waals surface area contributed by atoms with Crippen molar-refractivity contribution >= 4 is 0 Å². The van der Waals surface area contributed by atoms with Crippen LogP contribution in [0.5, 0.6) is 0 Å². The van der Waals surface area contributed by atoms with Gasteiger partial charge in [-0.1, -0.05) is 6.92 Å². The highest BCUT2D eigenvalue weighted by atomic mass is 15.2. The zero-order valence-corrected chi connectivity index (χ0v) is 8.27. The van der Waals surface area contributed by atoms with E-state index in [1.54, 1.807) is 10.9 Å². The van der Waals surface area contributed by atoms with E-state index >= 15 is 0 Å². The molecule has 72 valence electrons. The topological polar surface area (TPSA) is 29.9 Å². The first kappa shape index (κ1) is 8.75. The van der Waals surface area contributed by atoms with Gasteiger partial charge in [0, 0.05) is 19.4 Å². The van der Waals surface area contributed by atoms with Crippen LogP contribution >= 0.6 is 0 Å². The standard InChI is InChI=1S/C6H11N.C4H6N2/c1-4-5-2-7-3-6(4)5;1-6-4-2-3-5-6/h4-7H,2-3H2,1H3;2-4H,1H3. The van der Waals surface area contributed by atoms with Crippen molar-refractivity contribution in [2.45, 2.75) is 6.92 Å². The minimum atomic E-state index is 1.06. The highest BCUT2D eigenvalue weighted by molar-refractivity contribution is 5.01. The lowest BCUT2D eigenvalue weighted by molar-refractivity contribution is 0.634. The minimum absolute atomic E-state index is 1.06. The number of nitrogens with zero attached hydrogens (tertiary/aromatic N) is 2. The monoisotopic (exact) mass is 179 g/mol. The van der Waals surface area contributed by atoms with Gasteiger partial charge in [-0.25, -0.2) is 0 Å². The molecule has 3 rings (SSSR count). The molecule has 0 bridgehead atoms. The van der Waals surface area contributed by atoms with Crippen molar-refractivity contribution in [3.8, 4) is 0 Å². The number of nitrogens with one attached hydrogen (secondary N) is 1. The van der Waals surface area contributed by atoms with Crippen molar-refractivity contribution in [3.63, 3.8) is 0 Å². The molecule has 2 unspecified atom stereocenters. The quantitative estimate of drug-likeness (QED) is 0.641. The van der Waals surface area contributed by atoms with Gasteiger partial charge < -0.3 is 5.32 Å². The average Bonchev–Trinajstić information content (AvgIpc) is 2.65. The van der Waals surface area contributed by atoms with Gasteiger partial charge >= 0.3 is 0 Å². The van der Waals surface area contributed by atoms with Crippen LogP contribution in [0.25, 0.3) is 0 Å². The molecule has 0 amide bonds. The van der Waals surface area contributed by atoms with E-state index in [0.29, 0.717) is 0 Å². The number of hydrogen-bond acceptors (Lipinski definition) is 2. The number of rotatable bonds is 0. The Morgan fingerprint density at radius 3 is 2.31 bits per heavy atom. The van der Waals surface area contributed by atoms with Crippen LogP contribution in [-0.4, -0.2) is 22.9 Å². The van der Waals surface area contributed by atoms with Gasteiger partial charge in [-0.3, -0.25) is 4.68 Å². The summed E-state index contributed by atoms with van der Waals surface area (Å²) in [6, 6.07) is 1.89. The second-order valence-corrected chi connectivity index (χ2v) is 4.02. The molecule has 1 aliphatic carbocycles. The molecular formula is C10H17N3. The Kier molecular flexibility index (Phi) is 2.36. The van der Waals surface area contributed by atoms with E-state index in [-0.39, 0.29) is 0 Å². The van der Waals surface area contributed by atoms with Crippen molar-refractivity contribution in [1.29, 1.82) is 0 Å². The van der Waals surface area contributed by atoms with E-state index in [4.69, 9.17) is 0 Å². The Hall–Kier alpha value is -0.830. The second kappa shape index (κ2) is 3.50. The smallest absolute Gasteiger partial charge is 0.0489 e. The molecule has 3 heteroatoms. The van der Waals surface area contributed by atoms with Crippen LogP contribution < -0.4 is 5.32 Å². The second-order valence-electron chi connectivity index (χ2n) is 4.02. The highest BCUT2D eigenvalue weighted by Gasteiger charge is 2.49. The maximum atomic E-state index is 3.83. The van der Waals surface area contributed by atoms with Gasteiger partial charge in [-0.2, -0.15) is 5.10 Å². The summed E-state index contributed by atoms with van der Waals surface area (Å²) < 4.78 is 1.75. The number of fused-ring (bicyclic) bond motifs is 1. The van der Waals surface area contributed by atoms with Crippen LogP contribution in [0.2, 0.25) is 0 Å². The fraction of sp³-hybridized carbons (Fsp3) is 0.700. The molecule has 3 nitrogen and oxygen atoms in total. The molecule has 13 heavy (non-hydrogen) atoms. The summed E-state index contributed by atoms with van der Waals surface area (Å²) in [4.78, 5) is 0. The normalized spacial score (nSPS) is 34.8. The zero-order chi connectivity index (χ0) is 9.26. The van der Waals surface area contributed by atoms with Gasteiger partial charge in [0.2, 0.25) is 0 Å². The first-order valence-corrected chi connectivity index (χ1v) is 4.93. The van der Waals surface area contributed by atoms with E-state index in [1.165, 1.54) is 13.1 Å². The number of aryl methyl sites for hydroxylation is 1. The van der Waals surface area contributed by atoms with E-state index < -0.39 is 0 Å². The van der Waals surface area contributed by atoms with Gasteiger partial charge in [-0.05, 0) is 36.9 Å². The van der Waals surface area contributed by atoms with E-state index in [0.717, 1.165) is 17.8 Å². The summed E-state index contributed by atoms with van der Waals surface area (Å²) in [5.41, 5.74) is 0. The predicted octanol–water partition coefficient (Wildman–Crippen LogP) is 0.892. The summed E-state index contributed by atoms with van der Waals surface area (Å²) in [6.07, 6.45) is 3.64. The Labute approximate surface area is 79.1 Å². The van der Waals surface area contributed by atoms with Gasteiger partial charge in [0.15, 0.2) is 0 Å². The molecule has 0 spiro atoms. The van der Waals surface area contributed by atoms with Crippen molar-refractivity contribution in [2.75, 3.05) is 13.1 Å². The molecule has 0 aromatic carbocycles. The lowest BCUT2D eigenvalue weighted by Crippen LogP contribution is -2.13. The zero-order valence-electron chi connectivity index (χ0n) is 8.27. The molecule has 2 aliphatic rings. The molecule has 2 fully saturated rings. The van der Waals surface area contributed by atoms with Gasteiger partial charge in [0.25, 0.3) is 0 Å². The van der Waals surface area contributed by atoms with Gasteiger partial charge in [0.05, 0.1) is 0 Å². The molecule has 1 aromatic rings. The highest BCUT2D eigenvalue weighted by Crippen LogP contribution is 2.47. The molecule has 1 saturated carbocycles. The van der Waals surface area contributed by atoms with Gasteiger partial charge in [0.1, 0.15) is 0 Å². The molecular weight excluding hydrogens is 162 g/mol. The number of aromatic nitrogens is 2. The Morgan fingerprint density at radius 2 is 2.08 bits per heavy atom. The van der Waals surface area contributed by atoms with Crippen LogP contribution in [0, 0.1) is 17.8 Å². The van der Waals surface area contributed by atoms with Crippen molar-refractivity contribution in [1.82, 2.24) is 15.1 Å². The Morgan fingerprint density at radius 1 is 1.38 bits per heavy atom. The fourth-order valence-corrected chi connectivity index (χ4v) is 2.07. The van der Waals surface area contributed by atoms with Crippen LogP contribution in [0.4, 0.5) is 0 Å². The largest absolute Gasteiger partial charge is 0.316 e. The van der Waals surface area contributed by atoms with Crippen molar-refractivity contribution in [3.05, 3.63) is 18.5 Å². The average molecular weight is 179 g/mol. The number of hydrogen-bond donors (Lipinski definition) is 1. The maximum Gasteiger partial charge on any atom is 0.0489 e. The first-order chi connectivity index (χ1) is 6.29.